The van der Waals surface area contributed by atoms with Gasteiger partial charge in [-0.2, -0.15) is 17.0 Å². The number of ether oxygens (including phenoxy) is 1. The number of carboxylic acid groups (broad SMARTS) is 1. The number of morpholine rings is 1. The van der Waals surface area contributed by atoms with E-state index in [1.807, 2.05) is 13.8 Å². The summed E-state index contributed by atoms with van der Waals surface area (Å²) in [5.41, 5.74) is 0. The molecule has 0 saturated carbocycles. The number of piperazine rings is 1. The molecule has 2 heterocycles. The summed E-state index contributed by atoms with van der Waals surface area (Å²) < 4.78 is 33.9. The molecule has 0 unspecified atom stereocenters. The van der Waals surface area contributed by atoms with Crippen molar-refractivity contribution in [2.75, 3.05) is 39.3 Å². The molecule has 2 aliphatic rings. The summed E-state index contributed by atoms with van der Waals surface area (Å²) in [7, 11) is -3.51. The highest BCUT2D eigenvalue weighted by atomic mass is 32.2. The van der Waals surface area contributed by atoms with Gasteiger partial charge in [0.05, 0.1) is 12.2 Å². The van der Waals surface area contributed by atoms with Crippen molar-refractivity contribution in [2.24, 2.45) is 0 Å². The number of aliphatic carboxylic acids is 1. The number of carboxylic acids is 1. The van der Waals surface area contributed by atoms with Crippen molar-refractivity contribution in [2.45, 2.75) is 39.0 Å². The predicted octanol–water partition coefficient (Wildman–Crippen LogP) is -0.569. The molecule has 0 bridgehead atoms. The van der Waals surface area contributed by atoms with Crippen LogP contribution in [0.3, 0.4) is 0 Å². The highest BCUT2D eigenvalue weighted by Crippen LogP contribution is 2.19. The lowest BCUT2D eigenvalue weighted by Gasteiger charge is -2.40. The Balaban J connectivity index is 1.99. The van der Waals surface area contributed by atoms with E-state index in [9.17, 15) is 13.2 Å². The van der Waals surface area contributed by atoms with Gasteiger partial charge in [0.2, 0.25) is 0 Å². The Morgan fingerprint density at radius 3 is 2.05 bits per heavy atom. The average Bonchev–Trinajstić information content (AvgIpc) is 2.45. The second kappa shape index (κ2) is 6.79. The largest absolute Gasteiger partial charge is 0.480 e. The Hall–Kier alpha value is -0.740. The van der Waals surface area contributed by atoms with E-state index in [1.54, 1.807) is 11.8 Å². The molecule has 0 aliphatic carbocycles. The van der Waals surface area contributed by atoms with Gasteiger partial charge in [-0.3, -0.25) is 9.69 Å². The molecule has 0 amide bonds. The van der Waals surface area contributed by atoms with Gasteiger partial charge in [0.1, 0.15) is 6.04 Å². The van der Waals surface area contributed by atoms with Gasteiger partial charge >= 0.3 is 5.97 Å². The number of carbonyl (C=O) groups is 1. The van der Waals surface area contributed by atoms with Crippen LogP contribution in [0, 0.1) is 0 Å². The molecule has 0 aromatic carbocycles. The number of rotatable bonds is 4. The number of nitrogens with zero attached hydrogens (tertiary/aromatic N) is 3. The molecule has 9 heteroatoms. The third-order valence-corrected chi connectivity index (χ3v) is 6.19. The maximum absolute atomic E-state index is 12.7. The summed E-state index contributed by atoms with van der Waals surface area (Å²) in [6.45, 7) is 7.58. The van der Waals surface area contributed by atoms with E-state index in [0.717, 1.165) is 0 Å². The Bertz CT molecular complexity index is 494. The summed E-state index contributed by atoms with van der Waals surface area (Å²) in [5.74, 6) is -0.882. The van der Waals surface area contributed by atoms with Crippen LogP contribution in [0.15, 0.2) is 0 Å². The topological polar surface area (TPSA) is 90.4 Å². The van der Waals surface area contributed by atoms with Crippen molar-refractivity contribution >= 4 is 16.2 Å². The molecule has 0 spiro atoms. The van der Waals surface area contributed by atoms with Crippen LogP contribution < -0.4 is 0 Å². The van der Waals surface area contributed by atoms with Gasteiger partial charge in [0, 0.05) is 39.3 Å². The normalized spacial score (nSPS) is 31.0. The SMILES string of the molecule is C[C@@H]1CN(S(=O)(=O)N2CCN([C@@H](C)C(=O)O)CC2)C[C@H](C)O1. The van der Waals surface area contributed by atoms with Crippen LogP contribution in [-0.4, -0.2) is 90.5 Å². The summed E-state index contributed by atoms with van der Waals surface area (Å²) >= 11 is 0. The van der Waals surface area contributed by atoms with Gasteiger partial charge < -0.3 is 9.84 Å². The van der Waals surface area contributed by atoms with Crippen molar-refractivity contribution in [3.63, 3.8) is 0 Å². The second-order valence-corrected chi connectivity index (χ2v) is 7.96. The van der Waals surface area contributed by atoms with E-state index in [4.69, 9.17) is 9.84 Å². The number of hydrogen-bond donors (Lipinski definition) is 1. The summed E-state index contributed by atoms with van der Waals surface area (Å²) in [5, 5.41) is 9.03. The van der Waals surface area contributed by atoms with Crippen molar-refractivity contribution in [3.8, 4) is 0 Å². The maximum Gasteiger partial charge on any atom is 0.320 e. The Labute approximate surface area is 131 Å². The minimum absolute atomic E-state index is 0.119. The van der Waals surface area contributed by atoms with E-state index in [0.29, 0.717) is 39.3 Å². The lowest BCUT2D eigenvalue weighted by Crippen LogP contribution is -2.58. The molecule has 2 saturated heterocycles. The Kier molecular flexibility index (Phi) is 5.44. The first-order valence-electron chi connectivity index (χ1n) is 7.59. The highest BCUT2D eigenvalue weighted by molar-refractivity contribution is 7.86. The Morgan fingerprint density at radius 2 is 1.59 bits per heavy atom. The zero-order valence-electron chi connectivity index (χ0n) is 13.3. The van der Waals surface area contributed by atoms with E-state index < -0.39 is 22.2 Å². The minimum Gasteiger partial charge on any atom is -0.480 e. The Morgan fingerprint density at radius 1 is 1.09 bits per heavy atom. The summed E-state index contributed by atoms with van der Waals surface area (Å²) in [4.78, 5) is 12.8. The standard InChI is InChI=1S/C13H25N3O5S/c1-10-8-16(9-11(2)21-10)22(19,20)15-6-4-14(5-7-15)12(3)13(17)18/h10-12H,4-9H2,1-3H3,(H,17,18)/t10-,11+,12-/m0/s1. The van der Waals surface area contributed by atoms with Gasteiger partial charge in [-0.05, 0) is 20.8 Å². The molecule has 0 aromatic heterocycles. The van der Waals surface area contributed by atoms with E-state index in [-0.39, 0.29) is 12.2 Å². The summed E-state index contributed by atoms with van der Waals surface area (Å²) in [6.07, 6.45) is -0.237. The molecule has 2 aliphatic heterocycles. The lowest BCUT2D eigenvalue weighted by molar-refractivity contribution is -0.143. The van der Waals surface area contributed by atoms with Gasteiger partial charge in [-0.15, -0.1) is 0 Å². The molecule has 0 radical (unpaired) electrons. The third-order valence-electron chi connectivity index (χ3n) is 4.22. The van der Waals surface area contributed by atoms with Crippen LogP contribution in [0.2, 0.25) is 0 Å². The van der Waals surface area contributed by atoms with Crippen LogP contribution in [0.1, 0.15) is 20.8 Å². The zero-order chi connectivity index (χ0) is 16.5. The van der Waals surface area contributed by atoms with Crippen molar-refractivity contribution in [1.29, 1.82) is 0 Å². The zero-order valence-corrected chi connectivity index (χ0v) is 14.1. The molecular weight excluding hydrogens is 310 g/mol. The van der Waals surface area contributed by atoms with E-state index >= 15 is 0 Å². The van der Waals surface area contributed by atoms with Gasteiger partial charge in [0.15, 0.2) is 0 Å². The molecule has 2 rings (SSSR count). The van der Waals surface area contributed by atoms with E-state index in [1.165, 1.54) is 8.61 Å². The molecular formula is C13H25N3O5S. The molecule has 128 valence electrons. The fraction of sp³-hybridized carbons (Fsp3) is 0.923. The average molecular weight is 335 g/mol. The van der Waals surface area contributed by atoms with E-state index in [2.05, 4.69) is 0 Å². The van der Waals surface area contributed by atoms with Crippen LogP contribution in [0.5, 0.6) is 0 Å². The highest BCUT2D eigenvalue weighted by Gasteiger charge is 2.37. The molecule has 0 aromatic rings. The van der Waals surface area contributed by atoms with Crippen LogP contribution in [0.4, 0.5) is 0 Å². The molecule has 1 N–H and O–H groups in total. The molecule has 2 fully saturated rings. The minimum atomic E-state index is -3.51. The maximum atomic E-state index is 12.7. The van der Waals surface area contributed by atoms with Crippen molar-refractivity contribution in [3.05, 3.63) is 0 Å². The first kappa shape index (κ1) is 17.6. The molecule has 3 atom stereocenters. The number of hydrogen-bond acceptors (Lipinski definition) is 5. The van der Waals surface area contributed by atoms with Crippen LogP contribution in [0.25, 0.3) is 0 Å². The van der Waals surface area contributed by atoms with Crippen LogP contribution >= 0.6 is 0 Å². The third kappa shape index (κ3) is 3.77. The lowest BCUT2D eigenvalue weighted by atomic mass is 10.2. The first-order valence-corrected chi connectivity index (χ1v) is 8.99. The monoisotopic (exact) mass is 335 g/mol. The quantitative estimate of drug-likeness (QED) is 0.740. The molecule has 22 heavy (non-hydrogen) atoms. The predicted molar refractivity (Wildman–Crippen MR) is 80.7 cm³/mol. The van der Waals surface area contributed by atoms with Crippen LogP contribution in [-0.2, 0) is 19.7 Å². The fourth-order valence-corrected chi connectivity index (χ4v) is 4.71. The first-order chi connectivity index (χ1) is 10.2. The fourth-order valence-electron chi connectivity index (χ4n) is 2.96. The second-order valence-electron chi connectivity index (χ2n) is 6.03. The molecule has 8 nitrogen and oxygen atoms in total. The van der Waals surface area contributed by atoms with Gasteiger partial charge in [0.25, 0.3) is 10.2 Å². The smallest absolute Gasteiger partial charge is 0.320 e. The van der Waals surface area contributed by atoms with Crippen molar-refractivity contribution < 1.29 is 23.1 Å². The summed E-state index contributed by atoms with van der Waals surface area (Å²) in [6, 6.07) is -0.590. The van der Waals surface area contributed by atoms with Crippen molar-refractivity contribution in [1.82, 2.24) is 13.5 Å². The van der Waals surface area contributed by atoms with Gasteiger partial charge in [-0.25, -0.2) is 0 Å². The van der Waals surface area contributed by atoms with Gasteiger partial charge in [-0.1, -0.05) is 0 Å².